The van der Waals surface area contributed by atoms with E-state index in [4.69, 9.17) is 9.47 Å². The van der Waals surface area contributed by atoms with Crippen LogP contribution in [0.15, 0.2) is 0 Å². The van der Waals surface area contributed by atoms with E-state index < -0.39 is 32.5 Å². The maximum absolute atomic E-state index is 12.0. The molecule has 0 radical (unpaired) electrons. The largest absolute Gasteiger partial charge is 1.00 e. The molecule has 0 bridgehead atoms. The molecular weight excluding hydrogens is 511 g/mol. The van der Waals surface area contributed by atoms with Gasteiger partial charge in [0.1, 0.15) is 6.61 Å². The second-order valence-electron chi connectivity index (χ2n) is 8.41. The third-order valence-corrected chi connectivity index (χ3v) is 5.53. The fourth-order valence-corrected chi connectivity index (χ4v) is 3.56. The third kappa shape index (κ3) is 30.7. The fourth-order valence-electron chi connectivity index (χ4n) is 3.21. The molecule has 0 unspecified atom stereocenters. The number of hydrogen-bond acceptors (Lipinski definition) is 9. The fraction of sp³-hybridized carbons (Fsp3) is 0.870. The molecule has 0 aromatic heterocycles. The minimum atomic E-state index is -5.24. The van der Waals surface area contributed by atoms with E-state index in [0.29, 0.717) is 19.4 Å². The molecule has 0 heterocycles. The molecule has 0 saturated carbocycles. The van der Waals surface area contributed by atoms with Crippen molar-refractivity contribution >= 4 is 25.7 Å². The molecule has 36 heavy (non-hydrogen) atoms. The van der Waals surface area contributed by atoms with E-state index in [2.05, 4.69) is 16.8 Å². The first-order chi connectivity index (χ1) is 16.1. The van der Waals surface area contributed by atoms with Crippen molar-refractivity contribution in [3.05, 3.63) is 0 Å². The Hall–Kier alpha value is 0.520. The summed E-state index contributed by atoms with van der Waals surface area (Å²) in [5.41, 5.74) is 0. The maximum Gasteiger partial charge on any atom is 1.00 e. The molecular formula is C23H42NNa2O9P. The Morgan fingerprint density at radius 2 is 1.28 bits per heavy atom. The van der Waals surface area contributed by atoms with Gasteiger partial charge >= 0.3 is 71.1 Å². The molecule has 200 valence electrons. The number of unbranched alkanes of at least 4 members (excludes halogenated alkanes) is 10. The molecule has 1 N–H and O–H groups in total. The van der Waals surface area contributed by atoms with E-state index in [9.17, 15) is 28.7 Å². The molecule has 0 aromatic carbocycles. The molecule has 0 aliphatic carbocycles. The second-order valence-corrected chi connectivity index (χ2v) is 9.56. The van der Waals surface area contributed by atoms with Gasteiger partial charge in [-0.3, -0.25) is 14.4 Å². The molecule has 0 aliphatic heterocycles. The van der Waals surface area contributed by atoms with Gasteiger partial charge in [-0.2, -0.15) is 0 Å². The third-order valence-electron chi connectivity index (χ3n) is 5.06. The molecule has 0 saturated heterocycles. The molecule has 1 amide bonds. The quantitative estimate of drug-likeness (QED) is 0.0636. The van der Waals surface area contributed by atoms with Crippen LogP contribution in [0.4, 0.5) is 0 Å². The van der Waals surface area contributed by atoms with Crippen LogP contribution in [0, 0.1) is 0 Å². The summed E-state index contributed by atoms with van der Waals surface area (Å²) in [6.45, 7) is 3.23. The van der Waals surface area contributed by atoms with Crippen LogP contribution < -0.4 is 74.2 Å². The first-order valence-electron chi connectivity index (χ1n) is 12.4. The summed E-state index contributed by atoms with van der Waals surface area (Å²) >= 11 is 0. The minimum absolute atomic E-state index is 0. The van der Waals surface area contributed by atoms with Crippen LogP contribution in [0.2, 0.25) is 0 Å². The van der Waals surface area contributed by atoms with Crippen molar-refractivity contribution in [3.8, 4) is 0 Å². The van der Waals surface area contributed by atoms with Crippen LogP contribution in [-0.4, -0.2) is 43.7 Å². The summed E-state index contributed by atoms with van der Waals surface area (Å²) in [7, 11) is -5.24. The second kappa shape index (κ2) is 27.1. The Balaban J connectivity index is -0.00000544. The number of esters is 2. The topological polar surface area (TPSA) is 154 Å². The summed E-state index contributed by atoms with van der Waals surface area (Å²) in [5.74, 6) is -1.07. The number of rotatable bonds is 22. The molecule has 0 aliphatic rings. The van der Waals surface area contributed by atoms with Gasteiger partial charge in [-0.15, -0.1) is 0 Å². The van der Waals surface area contributed by atoms with E-state index in [-0.39, 0.29) is 84.5 Å². The van der Waals surface area contributed by atoms with Gasteiger partial charge in [0.15, 0.2) is 6.10 Å². The Bertz CT molecular complexity index is 620. The normalized spacial score (nSPS) is 11.6. The van der Waals surface area contributed by atoms with Gasteiger partial charge in [0, 0.05) is 26.3 Å². The van der Waals surface area contributed by atoms with E-state index in [1.165, 1.54) is 6.92 Å². The number of phosphoric ester groups is 1. The van der Waals surface area contributed by atoms with Crippen LogP contribution in [0.1, 0.15) is 104 Å². The summed E-state index contributed by atoms with van der Waals surface area (Å²) in [5, 5.41) is 2.74. The Morgan fingerprint density at radius 1 is 0.778 bits per heavy atom. The van der Waals surface area contributed by atoms with Gasteiger partial charge in [0.2, 0.25) is 5.91 Å². The van der Waals surface area contributed by atoms with Crippen molar-refractivity contribution < 1.29 is 102 Å². The molecule has 0 rings (SSSR count). The summed E-state index contributed by atoms with van der Waals surface area (Å²) in [6.07, 6.45) is 10.5. The maximum atomic E-state index is 12.0. The van der Waals surface area contributed by atoms with Gasteiger partial charge in [-0.25, -0.2) is 0 Å². The number of carbonyl (C=O) groups excluding carboxylic acids is 3. The first kappa shape index (κ1) is 41.0. The zero-order valence-electron chi connectivity index (χ0n) is 22.7. The summed E-state index contributed by atoms with van der Waals surface area (Å²) in [6, 6.07) is 0. The first-order valence-corrected chi connectivity index (χ1v) is 13.9. The summed E-state index contributed by atoms with van der Waals surface area (Å²) < 4.78 is 25.2. The summed E-state index contributed by atoms with van der Waals surface area (Å²) in [4.78, 5) is 56.2. The monoisotopic (exact) mass is 553 g/mol. The van der Waals surface area contributed by atoms with E-state index in [0.717, 1.165) is 64.2 Å². The SMILES string of the molecule is CCCCCCCCC(=O)O[C@@H](COC(=O)CCCCCCCCNC(C)=O)COP(=O)([O-])[O-].[Na+].[Na+]. The van der Waals surface area contributed by atoms with Crippen molar-refractivity contribution in [1.29, 1.82) is 0 Å². The van der Waals surface area contributed by atoms with Gasteiger partial charge in [-0.05, 0) is 19.3 Å². The Labute approximate surface area is 260 Å². The number of ether oxygens (including phenoxy) is 2. The molecule has 1 atom stereocenters. The predicted molar refractivity (Wildman–Crippen MR) is 123 cm³/mol. The number of nitrogens with one attached hydrogen (secondary N) is 1. The number of hydrogen-bond donors (Lipinski definition) is 1. The van der Waals surface area contributed by atoms with Crippen LogP contribution >= 0.6 is 7.82 Å². The predicted octanol–water partition coefficient (Wildman–Crippen LogP) is -3.09. The Morgan fingerprint density at radius 3 is 1.81 bits per heavy atom. The Kier molecular flexibility index (Phi) is 30.9. The van der Waals surface area contributed by atoms with Gasteiger partial charge < -0.3 is 33.7 Å². The van der Waals surface area contributed by atoms with Crippen LogP contribution in [-0.2, 0) is 32.9 Å². The average molecular weight is 554 g/mol. The minimum Gasteiger partial charge on any atom is -0.790 e. The van der Waals surface area contributed by atoms with E-state index in [1.807, 2.05) is 0 Å². The van der Waals surface area contributed by atoms with Crippen molar-refractivity contribution in [1.82, 2.24) is 5.32 Å². The molecule has 0 spiro atoms. The number of phosphoric acid groups is 1. The smallest absolute Gasteiger partial charge is 0.790 e. The molecule has 0 aromatic rings. The van der Waals surface area contributed by atoms with Crippen LogP contribution in [0.5, 0.6) is 0 Å². The van der Waals surface area contributed by atoms with E-state index in [1.54, 1.807) is 0 Å². The van der Waals surface area contributed by atoms with E-state index >= 15 is 0 Å². The van der Waals surface area contributed by atoms with Gasteiger partial charge in [-0.1, -0.05) is 64.7 Å². The zero-order valence-corrected chi connectivity index (χ0v) is 27.6. The van der Waals surface area contributed by atoms with Crippen LogP contribution in [0.3, 0.4) is 0 Å². The number of carbonyl (C=O) groups is 3. The van der Waals surface area contributed by atoms with Crippen molar-refractivity contribution in [2.75, 3.05) is 19.8 Å². The molecule has 0 fully saturated rings. The van der Waals surface area contributed by atoms with Crippen LogP contribution in [0.25, 0.3) is 0 Å². The molecule has 13 heteroatoms. The van der Waals surface area contributed by atoms with Crippen molar-refractivity contribution in [2.45, 2.75) is 110 Å². The van der Waals surface area contributed by atoms with Gasteiger partial charge in [0.05, 0.1) is 14.4 Å². The standard InChI is InChI=1S/C23H44NO9P.2Na/c1-3-4-5-6-9-13-16-23(27)33-21(19-32-34(28,29)30)18-31-22(26)15-12-10-7-8-11-14-17-24-20(2)25;;/h21H,3-19H2,1-2H3,(H,24,25)(H2,28,29,30);;/q;2*+1/p-2/t21-;;/m0../s1. The van der Waals surface area contributed by atoms with Crippen molar-refractivity contribution in [2.24, 2.45) is 0 Å². The van der Waals surface area contributed by atoms with Crippen molar-refractivity contribution in [3.63, 3.8) is 0 Å². The zero-order chi connectivity index (χ0) is 25.7. The molecule has 10 nitrogen and oxygen atoms in total. The average Bonchev–Trinajstić information content (AvgIpc) is 2.76. The number of amides is 1. The van der Waals surface area contributed by atoms with Gasteiger partial charge in [0.25, 0.3) is 0 Å².